The summed E-state index contributed by atoms with van der Waals surface area (Å²) < 4.78 is 45.9. The Bertz CT molecular complexity index is 1480. The Kier molecular flexibility index (Phi) is 10.0. The molecular formula is C33H37ClF2N2O6S. The zero-order valence-corrected chi connectivity index (χ0v) is 26.2. The third-order valence-electron chi connectivity index (χ3n) is 8.88. The summed E-state index contributed by atoms with van der Waals surface area (Å²) in [4.78, 5) is 2.24. The van der Waals surface area contributed by atoms with Gasteiger partial charge in [0.25, 0.3) is 0 Å². The maximum Gasteiger partial charge on any atom is 0.132 e. The molecule has 3 aliphatic heterocycles. The van der Waals surface area contributed by atoms with E-state index in [0.29, 0.717) is 43.1 Å². The fraction of sp³-hybridized carbons (Fsp3) is 0.455. The van der Waals surface area contributed by atoms with E-state index in [4.69, 9.17) is 31.5 Å². The highest BCUT2D eigenvalue weighted by molar-refractivity contribution is 7.99. The molecule has 3 fully saturated rings. The highest BCUT2D eigenvalue weighted by Crippen LogP contribution is 2.37. The molecule has 0 bridgehead atoms. The number of hydrogen-bond acceptors (Lipinski definition) is 9. The lowest BCUT2D eigenvalue weighted by Gasteiger charge is -2.47. The topological polar surface area (TPSA) is 118 Å². The zero-order chi connectivity index (χ0) is 31.8. The van der Waals surface area contributed by atoms with Gasteiger partial charge in [-0.15, -0.1) is 11.8 Å². The number of halogens is 3. The fourth-order valence-electron chi connectivity index (χ4n) is 6.32. The first kappa shape index (κ1) is 32.6. The molecule has 0 aliphatic carbocycles. The number of hydrogen-bond donors (Lipinski definition) is 4. The van der Waals surface area contributed by atoms with E-state index in [1.165, 1.54) is 11.8 Å². The van der Waals surface area contributed by atoms with Crippen LogP contribution in [0.2, 0.25) is 5.02 Å². The molecule has 5 N–H and O–H groups in total. The van der Waals surface area contributed by atoms with Gasteiger partial charge in [0, 0.05) is 35.8 Å². The first-order valence-electron chi connectivity index (χ1n) is 14.9. The SMILES string of the molecule is CS[C@H]1O[C@@H](c2ccc(Cl)c(Cc3ccc(OC4CN([C@H]5CO[C@H](c6cc(F)ccc6F)[C@@H](N)C5)C4)cc3)c2)[C@H](O)[C@@H](O)[C@@H]1O. The van der Waals surface area contributed by atoms with Crippen molar-refractivity contribution in [1.82, 2.24) is 4.90 Å². The van der Waals surface area contributed by atoms with Gasteiger partial charge in [-0.3, -0.25) is 4.90 Å². The lowest BCUT2D eigenvalue weighted by molar-refractivity contribution is -0.200. The highest BCUT2D eigenvalue weighted by Gasteiger charge is 2.44. The number of aliphatic hydroxyl groups excluding tert-OH is 3. The van der Waals surface area contributed by atoms with Crippen LogP contribution in [0.1, 0.15) is 40.9 Å². The smallest absolute Gasteiger partial charge is 0.132 e. The van der Waals surface area contributed by atoms with Crippen LogP contribution in [-0.4, -0.2) is 88.1 Å². The van der Waals surface area contributed by atoms with E-state index in [-0.39, 0.29) is 17.7 Å². The minimum Gasteiger partial charge on any atom is -0.488 e. The summed E-state index contributed by atoms with van der Waals surface area (Å²) in [7, 11) is 0. The van der Waals surface area contributed by atoms with Crippen molar-refractivity contribution in [2.75, 3.05) is 26.0 Å². The predicted molar refractivity (Wildman–Crippen MR) is 167 cm³/mol. The minimum absolute atomic E-state index is 0.0116. The molecule has 3 aromatic rings. The molecule has 12 heteroatoms. The summed E-state index contributed by atoms with van der Waals surface area (Å²) in [5.74, 6) is -0.288. The molecule has 3 aromatic carbocycles. The van der Waals surface area contributed by atoms with E-state index in [1.807, 2.05) is 30.3 Å². The molecule has 45 heavy (non-hydrogen) atoms. The summed E-state index contributed by atoms with van der Waals surface area (Å²) in [6.45, 7) is 1.80. The number of nitrogens with zero attached hydrogens (tertiary/aromatic N) is 1. The Morgan fingerprint density at radius 2 is 1.73 bits per heavy atom. The monoisotopic (exact) mass is 662 g/mol. The van der Waals surface area contributed by atoms with Crippen molar-refractivity contribution < 1.29 is 38.3 Å². The summed E-state index contributed by atoms with van der Waals surface area (Å²) in [5, 5.41) is 31.7. The Morgan fingerprint density at radius 3 is 2.44 bits per heavy atom. The van der Waals surface area contributed by atoms with Gasteiger partial charge >= 0.3 is 0 Å². The number of ether oxygens (including phenoxy) is 3. The Morgan fingerprint density at radius 1 is 0.978 bits per heavy atom. The normalized spacial score (nSPS) is 31.0. The first-order valence-corrected chi connectivity index (χ1v) is 16.6. The standard InChI is InChI=1S/C33H37ClF2N2O6S/c1-45-33-30(41)28(39)29(40)31(44-33)18-4-8-25(34)19(11-18)10-17-2-6-22(7-3-17)43-23-14-38(15-23)21-13-27(37)32(42-16-21)24-12-20(35)5-9-26(24)36/h2-9,11-12,21,23,27-33,39-41H,10,13-16,37H2,1H3/t21-,27+,28-,29-,30+,31+,32-,33-/m1/s1. The van der Waals surface area contributed by atoms with E-state index in [9.17, 15) is 24.1 Å². The largest absolute Gasteiger partial charge is 0.488 e. The summed E-state index contributed by atoms with van der Waals surface area (Å²) in [6.07, 6.45) is -2.34. The van der Waals surface area contributed by atoms with Gasteiger partial charge in [0.1, 0.15) is 59.4 Å². The molecule has 0 radical (unpaired) electrons. The zero-order valence-electron chi connectivity index (χ0n) is 24.6. The van der Waals surface area contributed by atoms with E-state index in [1.54, 1.807) is 18.4 Å². The van der Waals surface area contributed by atoms with E-state index >= 15 is 0 Å². The van der Waals surface area contributed by atoms with Gasteiger partial charge in [-0.1, -0.05) is 35.9 Å². The van der Waals surface area contributed by atoms with Gasteiger partial charge in [-0.25, -0.2) is 8.78 Å². The van der Waals surface area contributed by atoms with E-state index in [2.05, 4.69) is 4.90 Å². The number of aliphatic hydroxyl groups is 3. The van der Waals surface area contributed by atoms with Crippen LogP contribution in [0.15, 0.2) is 60.7 Å². The quantitative estimate of drug-likeness (QED) is 0.284. The maximum atomic E-state index is 14.3. The molecule has 3 aliphatic rings. The van der Waals surface area contributed by atoms with Crippen LogP contribution in [-0.2, 0) is 15.9 Å². The van der Waals surface area contributed by atoms with Crippen molar-refractivity contribution >= 4 is 23.4 Å². The number of benzene rings is 3. The molecule has 242 valence electrons. The molecular weight excluding hydrogens is 626 g/mol. The fourth-order valence-corrected chi connectivity index (χ4v) is 7.17. The van der Waals surface area contributed by atoms with Crippen LogP contribution < -0.4 is 10.5 Å². The van der Waals surface area contributed by atoms with Gasteiger partial charge in [-0.05, 0) is 72.2 Å². The van der Waals surface area contributed by atoms with E-state index < -0.39 is 53.6 Å². The third-order valence-corrected chi connectivity index (χ3v) is 10.1. The van der Waals surface area contributed by atoms with Crippen molar-refractivity contribution in [2.24, 2.45) is 5.73 Å². The number of thioether (sulfide) groups is 1. The van der Waals surface area contributed by atoms with Crippen molar-refractivity contribution in [3.63, 3.8) is 0 Å². The van der Waals surface area contributed by atoms with Gasteiger partial charge in [-0.2, -0.15) is 0 Å². The maximum absolute atomic E-state index is 14.3. The minimum atomic E-state index is -1.32. The molecule has 0 unspecified atom stereocenters. The number of rotatable bonds is 8. The molecule has 0 spiro atoms. The van der Waals surface area contributed by atoms with Crippen LogP contribution in [0.25, 0.3) is 0 Å². The Labute approximate surface area is 270 Å². The van der Waals surface area contributed by atoms with Crippen LogP contribution in [0.4, 0.5) is 8.78 Å². The van der Waals surface area contributed by atoms with Crippen molar-refractivity contribution in [3.8, 4) is 5.75 Å². The third kappa shape index (κ3) is 7.02. The summed E-state index contributed by atoms with van der Waals surface area (Å²) in [5.41, 5.74) is 8.34. The molecule has 8 atom stereocenters. The number of nitrogens with two attached hydrogens (primary N) is 1. The average Bonchev–Trinajstić information content (AvgIpc) is 3.01. The molecule has 6 rings (SSSR count). The lowest BCUT2D eigenvalue weighted by atomic mass is 9.92. The van der Waals surface area contributed by atoms with Gasteiger partial charge in [0.2, 0.25) is 0 Å². The van der Waals surface area contributed by atoms with Gasteiger partial charge in [0.05, 0.1) is 6.61 Å². The second-order valence-corrected chi connectivity index (χ2v) is 13.3. The van der Waals surface area contributed by atoms with E-state index in [0.717, 1.165) is 35.1 Å². The van der Waals surface area contributed by atoms with Crippen LogP contribution >= 0.6 is 23.4 Å². The van der Waals surface area contributed by atoms with Crippen molar-refractivity contribution in [1.29, 1.82) is 0 Å². The molecule has 0 amide bonds. The highest BCUT2D eigenvalue weighted by atomic mass is 35.5. The second kappa shape index (κ2) is 13.8. The van der Waals surface area contributed by atoms with Crippen molar-refractivity contribution in [2.45, 2.75) is 67.0 Å². The molecule has 8 nitrogen and oxygen atoms in total. The summed E-state index contributed by atoms with van der Waals surface area (Å²) in [6, 6.07) is 16.1. The Balaban J connectivity index is 1.01. The number of likely N-dealkylation sites (tertiary alicyclic amines) is 1. The van der Waals surface area contributed by atoms with Gasteiger partial charge < -0.3 is 35.3 Å². The van der Waals surface area contributed by atoms with Crippen LogP contribution in [0.5, 0.6) is 5.75 Å². The Hall–Kier alpha value is -2.32. The second-order valence-electron chi connectivity index (χ2n) is 12.0. The first-order chi connectivity index (χ1) is 21.6. The van der Waals surface area contributed by atoms with Gasteiger partial charge in [0.15, 0.2) is 0 Å². The molecule has 3 heterocycles. The average molecular weight is 663 g/mol. The van der Waals surface area contributed by atoms with Crippen LogP contribution in [0.3, 0.4) is 0 Å². The lowest BCUT2D eigenvalue weighted by Crippen LogP contribution is -2.61. The summed E-state index contributed by atoms with van der Waals surface area (Å²) >= 11 is 7.79. The van der Waals surface area contributed by atoms with Crippen LogP contribution in [0, 0.1) is 11.6 Å². The predicted octanol–water partition coefficient (Wildman–Crippen LogP) is 3.97. The van der Waals surface area contributed by atoms with Crippen molar-refractivity contribution in [3.05, 3.63) is 99.6 Å². The molecule has 0 aromatic heterocycles. The molecule has 3 saturated heterocycles. The molecule has 0 saturated carbocycles.